The minimum absolute atomic E-state index is 0.179. The predicted molar refractivity (Wildman–Crippen MR) is 65.6 cm³/mol. The normalized spacial score (nSPS) is 11.9. The van der Waals surface area contributed by atoms with Gasteiger partial charge in [0.1, 0.15) is 0 Å². The van der Waals surface area contributed by atoms with Crippen molar-refractivity contribution in [1.29, 1.82) is 0 Å². The largest absolute Gasteiger partial charge is 0.416 e. The van der Waals surface area contributed by atoms with Gasteiger partial charge < -0.3 is 5.73 Å². The Morgan fingerprint density at radius 3 is 2.70 bits per heavy atom. The summed E-state index contributed by atoms with van der Waals surface area (Å²) in [6, 6.07) is 3.11. The minimum Gasteiger partial charge on any atom is -0.398 e. The second-order valence-corrected chi connectivity index (χ2v) is 4.13. The van der Waals surface area contributed by atoms with Gasteiger partial charge in [0.05, 0.1) is 11.8 Å². The van der Waals surface area contributed by atoms with Gasteiger partial charge in [-0.1, -0.05) is 0 Å². The van der Waals surface area contributed by atoms with Crippen molar-refractivity contribution < 1.29 is 13.2 Å². The topological polar surface area (TPSA) is 69.1 Å². The van der Waals surface area contributed by atoms with E-state index in [4.69, 9.17) is 5.73 Å². The lowest BCUT2D eigenvalue weighted by Gasteiger charge is -2.10. The molecular formula is C12H8F3N5. The van der Waals surface area contributed by atoms with E-state index in [0.717, 1.165) is 12.1 Å². The molecule has 2 N–H and O–H groups in total. The Labute approximate surface area is 110 Å². The maximum absolute atomic E-state index is 12.8. The van der Waals surface area contributed by atoms with Crippen LogP contribution in [-0.2, 0) is 6.18 Å². The molecule has 0 saturated carbocycles. The summed E-state index contributed by atoms with van der Waals surface area (Å²) in [4.78, 5) is 3.86. The van der Waals surface area contributed by atoms with Crippen LogP contribution < -0.4 is 5.73 Å². The summed E-state index contributed by atoms with van der Waals surface area (Å²) in [5.74, 6) is 0.242. The van der Waals surface area contributed by atoms with Gasteiger partial charge in [-0.15, -0.1) is 10.2 Å². The third kappa shape index (κ3) is 1.94. The lowest BCUT2D eigenvalue weighted by molar-refractivity contribution is -0.137. The molecule has 0 spiro atoms. The van der Waals surface area contributed by atoms with Gasteiger partial charge in [-0.05, 0) is 18.2 Å². The molecule has 0 aliphatic rings. The first-order valence-electron chi connectivity index (χ1n) is 5.58. The molecule has 0 amide bonds. The van der Waals surface area contributed by atoms with Crippen molar-refractivity contribution >= 4 is 11.3 Å². The molecule has 0 unspecified atom stereocenters. The van der Waals surface area contributed by atoms with E-state index in [2.05, 4.69) is 15.2 Å². The van der Waals surface area contributed by atoms with E-state index in [9.17, 15) is 13.2 Å². The van der Waals surface area contributed by atoms with Crippen LogP contribution in [0.5, 0.6) is 0 Å². The quantitative estimate of drug-likeness (QED) is 0.694. The van der Waals surface area contributed by atoms with Crippen molar-refractivity contribution in [3.8, 4) is 11.4 Å². The molecule has 102 valence electrons. The van der Waals surface area contributed by atoms with Gasteiger partial charge in [-0.3, -0.25) is 9.38 Å². The van der Waals surface area contributed by atoms with Crippen LogP contribution in [0.2, 0.25) is 0 Å². The number of rotatable bonds is 1. The number of aromatic nitrogens is 4. The van der Waals surface area contributed by atoms with Gasteiger partial charge in [-0.2, -0.15) is 13.2 Å². The van der Waals surface area contributed by atoms with Crippen molar-refractivity contribution in [3.05, 3.63) is 42.4 Å². The highest BCUT2D eigenvalue weighted by atomic mass is 19.4. The number of nitrogen functional groups attached to an aromatic ring is 1. The number of fused-ring (bicyclic) bond motifs is 1. The Morgan fingerprint density at radius 2 is 1.95 bits per heavy atom. The molecule has 20 heavy (non-hydrogen) atoms. The predicted octanol–water partition coefficient (Wildman–Crippen LogP) is 2.39. The lowest BCUT2D eigenvalue weighted by atomic mass is 10.1. The first-order chi connectivity index (χ1) is 9.47. The maximum Gasteiger partial charge on any atom is 0.416 e. The van der Waals surface area contributed by atoms with E-state index < -0.39 is 11.7 Å². The molecule has 0 fully saturated rings. The Hall–Kier alpha value is -2.64. The van der Waals surface area contributed by atoms with E-state index >= 15 is 0 Å². The van der Waals surface area contributed by atoms with E-state index in [1.165, 1.54) is 22.9 Å². The molecular weight excluding hydrogens is 271 g/mol. The smallest absolute Gasteiger partial charge is 0.398 e. The zero-order valence-electron chi connectivity index (χ0n) is 9.96. The number of hydrogen-bond donors (Lipinski definition) is 1. The fourth-order valence-corrected chi connectivity index (χ4v) is 1.86. The highest BCUT2D eigenvalue weighted by Crippen LogP contribution is 2.34. The fraction of sp³-hybridized carbons (Fsp3) is 0.0833. The minimum atomic E-state index is -4.44. The SMILES string of the molecule is Nc1ccc(C(F)(F)F)cc1-c1nnc2cnccn12. The van der Waals surface area contributed by atoms with Crippen LogP contribution in [-0.4, -0.2) is 19.6 Å². The summed E-state index contributed by atoms with van der Waals surface area (Å²) in [6.07, 6.45) is 0.0683. The molecule has 0 radical (unpaired) electrons. The summed E-state index contributed by atoms with van der Waals surface area (Å²) in [6.45, 7) is 0. The van der Waals surface area contributed by atoms with E-state index in [0.29, 0.717) is 5.65 Å². The average molecular weight is 279 g/mol. The standard InChI is InChI=1S/C12H8F3N5/c13-12(14,15)7-1-2-9(16)8(5-7)11-19-18-10-6-17-3-4-20(10)11/h1-6H,16H2. The van der Waals surface area contributed by atoms with Crippen LogP contribution >= 0.6 is 0 Å². The van der Waals surface area contributed by atoms with Crippen molar-refractivity contribution in [3.63, 3.8) is 0 Å². The molecule has 0 aliphatic heterocycles. The van der Waals surface area contributed by atoms with E-state index in [-0.39, 0.29) is 17.1 Å². The fourth-order valence-electron chi connectivity index (χ4n) is 1.86. The van der Waals surface area contributed by atoms with Crippen molar-refractivity contribution in [1.82, 2.24) is 19.6 Å². The molecule has 2 heterocycles. The molecule has 0 aliphatic carbocycles. The van der Waals surface area contributed by atoms with Crippen LogP contribution in [0.4, 0.5) is 18.9 Å². The summed E-state index contributed by atoms with van der Waals surface area (Å²) in [5.41, 5.74) is 5.77. The number of benzene rings is 1. The Bertz CT molecular complexity index is 778. The lowest BCUT2D eigenvalue weighted by Crippen LogP contribution is -2.06. The van der Waals surface area contributed by atoms with Crippen molar-refractivity contribution in [2.24, 2.45) is 0 Å². The number of anilines is 1. The van der Waals surface area contributed by atoms with Gasteiger partial charge in [0.2, 0.25) is 0 Å². The zero-order valence-corrected chi connectivity index (χ0v) is 9.96. The van der Waals surface area contributed by atoms with Crippen LogP contribution in [0.25, 0.3) is 17.0 Å². The summed E-state index contributed by atoms with van der Waals surface area (Å²) < 4.78 is 39.8. The Balaban J connectivity index is 2.24. The van der Waals surface area contributed by atoms with Crippen LogP contribution in [0.1, 0.15) is 5.56 Å². The highest BCUT2D eigenvalue weighted by molar-refractivity contribution is 5.73. The van der Waals surface area contributed by atoms with Crippen LogP contribution in [0.15, 0.2) is 36.8 Å². The van der Waals surface area contributed by atoms with E-state index in [1.807, 2.05) is 0 Å². The molecule has 3 aromatic rings. The molecule has 5 nitrogen and oxygen atoms in total. The van der Waals surface area contributed by atoms with Gasteiger partial charge in [0.15, 0.2) is 11.5 Å². The summed E-state index contributed by atoms with van der Waals surface area (Å²) >= 11 is 0. The molecule has 8 heteroatoms. The maximum atomic E-state index is 12.8. The van der Waals surface area contributed by atoms with Crippen LogP contribution in [0, 0.1) is 0 Å². The van der Waals surface area contributed by atoms with Crippen molar-refractivity contribution in [2.75, 3.05) is 5.73 Å². The first-order valence-corrected chi connectivity index (χ1v) is 5.58. The Morgan fingerprint density at radius 1 is 1.15 bits per heavy atom. The highest BCUT2D eigenvalue weighted by Gasteiger charge is 2.31. The second-order valence-electron chi connectivity index (χ2n) is 4.13. The number of halogens is 3. The second kappa shape index (κ2) is 4.19. The van der Waals surface area contributed by atoms with Crippen LogP contribution in [0.3, 0.4) is 0 Å². The van der Waals surface area contributed by atoms with Gasteiger partial charge in [0.25, 0.3) is 0 Å². The van der Waals surface area contributed by atoms with E-state index in [1.54, 1.807) is 6.20 Å². The molecule has 2 aromatic heterocycles. The van der Waals surface area contributed by atoms with Gasteiger partial charge in [0, 0.05) is 23.6 Å². The van der Waals surface area contributed by atoms with Crippen molar-refractivity contribution in [2.45, 2.75) is 6.18 Å². The monoisotopic (exact) mass is 279 g/mol. The third-order valence-electron chi connectivity index (χ3n) is 2.84. The molecule has 1 aromatic carbocycles. The van der Waals surface area contributed by atoms with Gasteiger partial charge >= 0.3 is 6.18 Å². The molecule has 0 saturated heterocycles. The zero-order chi connectivity index (χ0) is 14.3. The number of nitrogens with two attached hydrogens (primary N) is 1. The summed E-state index contributed by atoms with van der Waals surface area (Å²) in [7, 11) is 0. The number of nitrogens with zero attached hydrogens (tertiary/aromatic N) is 4. The molecule has 0 atom stereocenters. The van der Waals surface area contributed by atoms with Gasteiger partial charge in [-0.25, -0.2) is 0 Å². The molecule has 0 bridgehead atoms. The number of hydrogen-bond acceptors (Lipinski definition) is 4. The first kappa shape index (κ1) is 12.4. The number of alkyl halides is 3. The Kier molecular flexibility index (Phi) is 2.60. The molecule has 3 rings (SSSR count). The third-order valence-corrected chi connectivity index (χ3v) is 2.84. The average Bonchev–Trinajstić information content (AvgIpc) is 2.82. The summed E-state index contributed by atoms with van der Waals surface area (Å²) in [5, 5.41) is 7.72.